The van der Waals surface area contributed by atoms with Gasteiger partial charge in [0.15, 0.2) is 0 Å². The summed E-state index contributed by atoms with van der Waals surface area (Å²) in [6.07, 6.45) is -1.02. The Morgan fingerprint density at radius 3 is 2.11 bits per heavy atom. The Hall–Kier alpha value is -4.08. The molecule has 0 heterocycles. The predicted octanol–water partition coefficient (Wildman–Crippen LogP) is 3.30. The van der Waals surface area contributed by atoms with E-state index in [0.717, 1.165) is 5.56 Å². The number of primary amides is 1. The number of rotatable bonds is 10. The maximum atomic E-state index is 13.6. The van der Waals surface area contributed by atoms with Gasteiger partial charge in [0.1, 0.15) is 23.4 Å². The quantitative estimate of drug-likeness (QED) is 0.446. The van der Waals surface area contributed by atoms with E-state index in [1.54, 1.807) is 64.3 Å². The van der Waals surface area contributed by atoms with Gasteiger partial charge in [-0.15, -0.1) is 0 Å². The standard InChI is InChI=1S/C27H36N4O6/c1-17-7-9-18(10-8-17)23(24(33)29-19-11-13-20(36-6)14-12-19)31(5)25(34)21(15-16-22(28)32)30-26(35)37-27(2,3)4/h7-14,21,23H,15-16H2,1-6H3,(H2,28,32)(H,29,33)(H,30,35). The summed E-state index contributed by atoms with van der Waals surface area (Å²) in [7, 11) is 3.01. The van der Waals surface area contributed by atoms with Crippen LogP contribution in [0.25, 0.3) is 0 Å². The molecule has 0 radical (unpaired) electrons. The number of benzene rings is 2. The Bertz CT molecular complexity index is 1090. The number of anilines is 1. The Morgan fingerprint density at radius 1 is 1.00 bits per heavy atom. The molecule has 200 valence electrons. The second-order valence-electron chi connectivity index (χ2n) is 9.68. The van der Waals surface area contributed by atoms with E-state index in [1.165, 1.54) is 11.9 Å². The summed E-state index contributed by atoms with van der Waals surface area (Å²) in [5.41, 5.74) is 6.56. The number of aryl methyl sites for hydroxylation is 1. The van der Waals surface area contributed by atoms with Gasteiger partial charge >= 0.3 is 6.09 Å². The van der Waals surface area contributed by atoms with Crippen molar-refractivity contribution in [3.05, 3.63) is 59.7 Å². The number of carbonyl (C=O) groups is 4. The highest BCUT2D eigenvalue weighted by Crippen LogP contribution is 2.25. The zero-order valence-electron chi connectivity index (χ0n) is 22.2. The van der Waals surface area contributed by atoms with Gasteiger partial charge in [-0.3, -0.25) is 14.4 Å². The molecule has 0 saturated heterocycles. The minimum absolute atomic E-state index is 0.0571. The molecular formula is C27H36N4O6. The third kappa shape index (κ3) is 9.14. The Morgan fingerprint density at radius 2 is 1.59 bits per heavy atom. The van der Waals surface area contributed by atoms with Crippen LogP contribution in [0.3, 0.4) is 0 Å². The number of nitrogens with one attached hydrogen (secondary N) is 2. The monoisotopic (exact) mass is 512 g/mol. The van der Waals surface area contributed by atoms with Crippen LogP contribution in [0, 0.1) is 6.92 Å². The molecule has 4 amide bonds. The number of carbonyl (C=O) groups excluding carboxylic acids is 4. The first-order valence-electron chi connectivity index (χ1n) is 11.9. The van der Waals surface area contributed by atoms with E-state index in [1.807, 2.05) is 19.1 Å². The lowest BCUT2D eigenvalue weighted by atomic mass is 10.0. The van der Waals surface area contributed by atoms with Crippen LogP contribution in [-0.2, 0) is 19.1 Å². The molecule has 0 spiro atoms. The molecule has 2 aromatic rings. The fraction of sp³-hybridized carbons (Fsp3) is 0.407. The van der Waals surface area contributed by atoms with Gasteiger partial charge in [-0.1, -0.05) is 29.8 Å². The number of ether oxygens (including phenoxy) is 2. The topological polar surface area (TPSA) is 140 Å². The number of hydrogen-bond donors (Lipinski definition) is 3. The van der Waals surface area contributed by atoms with E-state index < -0.39 is 41.5 Å². The highest BCUT2D eigenvalue weighted by Gasteiger charge is 2.34. The molecule has 37 heavy (non-hydrogen) atoms. The van der Waals surface area contributed by atoms with Crippen molar-refractivity contribution in [1.82, 2.24) is 10.2 Å². The molecule has 2 atom stereocenters. The van der Waals surface area contributed by atoms with Crippen LogP contribution in [0.15, 0.2) is 48.5 Å². The van der Waals surface area contributed by atoms with Crippen molar-refractivity contribution < 1.29 is 28.7 Å². The van der Waals surface area contributed by atoms with Gasteiger partial charge in [-0.05, 0) is 63.9 Å². The molecule has 0 saturated carbocycles. The third-order valence-electron chi connectivity index (χ3n) is 5.40. The first-order chi connectivity index (χ1) is 17.3. The van der Waals surface area contributed by atoms with Gasteiger partial charge < -0.3 is 30.7 Å². The molecule has 10 heteroatoms. The van der Waals surface area contributed by atoms with Gasteiger partial charge in [-0.25, -0.2) is 4.79 Å². The van der Waals surface area contributed by atoms with Crippen molar-refractivity contribution in [3.8, 4) is 5.75 Å². The SMILES string of the molecule is COc1ccc(NC(=O)C(c2ccc(C)cc2)N(C)C(=O)C(CCC(N)=O)NC(=O)OC(C)(C)C)cc1. The Balaban J connectivity index is 2.36. The van der Waals surface area contributed by atoms with Crippen LogP contribution < -0.4 is 21.1 Å². The average Bonchev–Trinajstić information content (AvgIpc) is 2.81. The zero-order valence-corrected chi connectivity index (χ0v) is 22.2. The Labute approximate surface area is 217 Å². The zero-order chi connectivity index (χ0) is 27.8. The van der Waals surface area contributed by atoms with Crippen molar-refractivity contribution in [2.75, 3.05) is 19.5 Å². The second-order valence-corrected chi connectivity index (χ2v) is 9.68. The van der Waals surface area contributed by atoms with Crippen molar-refractivity contribution in [3.63, 3.8) is 0 Å². The van der Waals surface area contributed by atoms with Crippen LogP contribution in [0.2, 0.25) is 0 Å². The molecule has 2 aromatic carbocycles. The molecule has 0 aliphatic rings. The van der Waals surface area contributed by atoms with Crippen LogP contribution in [0.1, 0.15) is 50.8 Å². The van der Waals surface area contributed by atoms with Gasteiger partial charge in [-0.2, -0.15) is 0 Å². The van der Waals surface area contributed by atoms with E-state index in [4.69, 9.17) is 15.2 Å². The average molecular weight is 513 g/mol. The highest BCUT2D eigenvalue weighted by molar-refractivity contribution is 5.99. The van der Waals surface area contributed by atoms with E-state index in [-0.39, 0.29) is 12.8 Å². The molecule has 0 aliphatic carbocycles. The second kappa shape index (κ2) is 12.8. The number of hydrogen-bond acceptors (Lipinski definition) is 6. The fourth-order valence-corrected chi connectivity index (χ4v) is 3.55. The summed E-state index contributed by atoms with van der Waals surface area (Å²) in [6.45, 7) is 6.98. The van der Waals surface area contributed by atoms with Crippen LogP contribution >= 0.6 is 0 Å². The maximum Gasteiger partial charge on any atom is 0.408 e. The molecule has 10 nitrogen and oxygen atoms in total. The minimum Gasteiger partial charge on any atom is -0.497 e. The first kappa shape index (κ1) is 29.2. The van der Waals surface area contributed by atoms with Gasteiger partial charge in [0.2, 0.25) is 11.8 Å². The first-order valence-corrected chi connectivity index (χ1v) is 11.9. The number of nitrogens with zero attached hydrogens (tertiary/aromatic N) is 1. The smallest absolute Gasteiger partial charge is 0.408 e. The third-order valence-corrected chi connectivity index (χ3v) is 5.40. The van der Waals surface area contributed by atoms with Crippen LogP contribution in [0.5, 0.6) is 5.75 Å². The minimum atomic E-state index is -1.14. The maximum absolute atomic E-state index is 13.6. The lowest BCUT2D eigenvalue weighted by molar-refractivity contribution is -0.139. The molecular weight excluding hydrogens is 476 g/mol. The molecule has 0 aliphatic heterocycles. The van der Waals surface area contributed by atoms with E-state index in [0.29, 0.717) is 17.0 Å². The fourth-order valence-electron chi connectivity index (χ4n) is 3.55. The number of methoxy groups -OCH3 is 1. The van der Waals surface area contributed by atoms with Gasteiger partial charge in [0.05, 0.1) is 7.11 Å². The molecule has 0 aromatic heterocycles. The summed E-state index contributed by atoms with van der Waals surface area (Å²) in [5, 5.41) is 5.35. The number of likely N-dealkylation sites (N-methyl/N-ethyl adjacent to an activating group) is 1. The summed E-state index contributed by atoms with van der Waals surface area (Å²) in [6, 6.07) is 11.8. The van der Waals surface area contributed by atoms with E-state index in [2.05, 4.69) is 10.6 Å². The van der Waals surface area contributed by atoms with Crippen molar-refractivity contribution >= 4 is 29.5 Å². The van der Waals surface area contributed by atoms with Gasteiger partial charge in [0.25, 0.3) is 5.91 Å². The number of alkyl carbamates (subject to hydrolysis) is 1. The largest absolute Gasteiger partial charge is 0.497 e. The molecule has 2 rings (SSSR count). The number of nitrogens with two attached hydrogens (primary N) is 1. The highest BCUT2D eigenvalue weighted by atomic mass is 16.6. The van der Waals surface area contributed by atoms with Crippen molar-refractivity contribution in [2.24, 2.45) is 5.73 Å². The molecule has 0 fully saturated rings. The van der Waals surface area contributed by atoms with Crippen molar-refractivity contribution in [1.29, 1.82) is 0 Å². The summed E-state index contributed by atoms with van der Waals surface area (Å²) in [4.78, 5) is 52.2. The summed E-state index contributed by atoms with van der Waals surface area (Å²) >= 11 is 0. The van der Waals surface area contributed by atoms with Crippen LogP contribution in [-0.4, -0.2) is 54.5 Å². The molecule has 0 bridgehead atoms. The summed E-state index contributed by atoms with van der Waals surface area (Å²) in [5.74, 6) is -1.04. The predicted molar refractivity (Wildman–Crippen MR) is 140 cm³/mol. The normalized spacial score (nSPS) is 12.6. The lowest BCUT2D eigenvalue weighted by Crippen LogP contribution is -2.51. The van der Waals surface area contributed by atoms with E-state index in [9.17, 15) is 19.2 Å². The number of amides is 4. The lowest BCUT2D eigenvalue weighted by Gasteiger charge is -2.31. The molecule has 4 N–H and O–H groups in total. The van der Waals surface area contributed by atoms with Gasteiger partial charge in [0, 0.05) is 19.2 Å². The summed E-state index contributed by atoms with van der Waals surface area (Å²) < 4.78 is 10.4. The van der Waals surface area contributed by atoms with Crippen LogP contribution in [0.4, 0.5) is 10.5 Å². The van der Waals surface area contributed by atoms with Crippen molar-refractivity contribution in [2.45, 2.75) is 58.2 Å². The molecule has 2 unspecified atom stereocenters. The van der Waals surface area contributed by atoms with E-state index >= 15 is 0 Å². The Kier molecular flexibility index (Phi) is 10.0.